The summed E-state index contributed by atoms with van der Waals surface area (Å²) in [5.74, 6) is 0.654. The minimum Gasteiger partial charge on any atom is -0.370 e. The molecule has 3 N–H and O–H groups in total. The van der Waals surface area contributed by atoms with Gasteiger partial charge in [-0.15, -0.1) is 0 Å². The van der Waals surface area contributed by atoms with Crippen LogP contribution in [0.5, 0.6) is 0 Å². The number of carbonyl (C=O) groups excluding carboxylic acids is 1. The zero-order chi connectivity index (χ0) is 10.4. The molecule has 0 saturated carbocycles. The van der Waals surface area contributed by atoms with Gasteiger partial charge in [0, 0.05) is 25.4 Å². The van der Waals surface area contributed by atoms with Crippen molar-refractivity contribution >= 4 is 5.91 Å². The molecule has 0 unspecified atom stereocenters. The van der Waals surface area contributed by atoms with Crippen LogP contribution in [0.4, 0.5) is 0 Å². The number of nitrogens with zero attached hydrogens (tertiary/aromatic N) is 2. The van der Waals surface area contributed by atoms with Crippen molar-refractivity contribution in [1.29, 1.82) is 0 Å². The summed E-state index contributed by atoms with van der Waals surface area (Å²) in [6.07, 6.45) is 3.94. The maximum absolute atomic E-state index is 10.6. The molecule has 0 atom stereocenters. The molecule has 1 aromatic rings. The smallest absolute Gasteiger partial charge is 0.219 e. The average Bonchev–Trinajstić information content (AvgIpc) is 2.58. The summed E-state index contributed by atoms with van der Waals surface area (Å²) in [5, 5.41) is 3.18. The number of imidazole rings is 1. The molecule has 0 spiro atoms. The topological polar surface area (TPSA) is 72.9 Å². The molecule has 0 aliphatic heterocycles. The Bertz CT molecular complexity index is 295. The molecular weight excluding hydrogens is 180 g/mol. The zero-order valence-corrected chi connectivity index (χ0v) is 8.36. The number of nitrogens with two attached hydrogens (primary N) is 1. The Kier molecular flexibility index (Phi) is 4.12. The molecule has 1 amide bonds. The number of rotatable bonds is 6. The molecule has 0 radical (unpaired) electrons. The van der Waals surface area contributed by atoms with E-state index in [-0.39, 0.29) is 5.91 Å². The van der Waals surface area contributed by atoms with Crippen molar-refractivity contribution < 1.29 is 4.79 Å². The van der Waals surface area contributed by atoms with Crippen molar-refractivity contribution in [2.75, 3.05) is 6.54 Å². The van der Waals surface area contributed by atoms with E-state index >= 15 is 0 Å². The first-order valence-electron chi connectivity index (χ1n) is 4.73. The van der Waals surface area contributed by atoms with Crippen LogP contribution < -0.4 is 11.1 Å². The van der Waals surface area contributed by atoms with E-state index in [4.69, 9.17) is 5.73 Å². The number of hydrogen-bond donors (Lipinski definition) is 2. The highest BCUT2D eigenvalue weighted by Gasteiger charge is 2.02. The standard InChI is InChI=1S/C9H16N4O/c1-2-11-7-9-12-4-6-13(9)5-3-8(10)14/h4,6,11H,2-3,5,7H2,1H3,(H2,10,14). The molecule has 0 aliphatic carbocycles. The number of amides is 1. The first-order valence-corrected chi connectivity index (χ1v) is 4.73. The maximum Gasteiger partial charge on any atom is 0.219 e. The third-order valence-corrected chi connectivity index (χ3v) is 1.93. The predicted octanol–water partition coefficient (Wildman–Crippen LogP) is -0.132. The van der Waals surface area contributed by atoms with E-state index in [0.717, 1.165) is 18.9 Å². The molecule has 0 aliphatic rings. The molecule has 1 heterocycles. The summed E-state index contributed by atoms with van der Waals surface area (Å²) in [6, 6.07) is 0. The lowest BCUT2D eigenvalue weighted by molar-refractivity contribution is -0.118. The Morgan fingerprint density at radius 2 is 2.50 bits per heavy atom. The third kappa shape index (κ3) is 3.18. The summed E-state index contributed by atoms with van der Waals surface area (Å²) in [6.45, 7) is 4.28. The maximum atomic E-state index is 10.6. The zero-order valence-electron chi connectivity index (χ0n) is 8.36. The lowest BCUT2D eigenvalue weighted by atomic mass is 10.4. The highest BCUT2D eigenvalue weighted by molar-refractivity contribution is 5.73. The van der Waals surface area contributed by atoms with Crippen LogP contribution in [0, 0.1) is 0 Å². The van der Waals surface area contributed by atoms with Gasteiger partial charge in [-0.1, -0.05) is 6.92 Å². The monoisotopic (exact) mass is 196 g/mol. The van der Waals surface area contributed by atoms with E-state index in [1.807, 2.05) is 17.7 Å². The molecule has 1 aromatic heterocycles. The van der Waals surface area contributed by atoms with Crippen LogP contribution in [0.15, 0.2) is 12.4 Å². The summed E-state index contributed by atoms with van der Waals surface area (Å²) < 4.78 is 1.94. The summed E-state index contributed by atoms with van der Waals surface area (Å²) in [5.41, 5.74) is 5.07. The fraction of sp³-hybridized carbons (Fsp3) is 0.556. The first kappa shape index (κ1) is 10.7. The predicted molar refractivity (Wildman–Crippen MR) is 53.4 cm³/mol. The number of nitrogens with one attached hydrogen (secondary N) is 1. The molecular formula is C9H16N4O. The van der Waals surface area contributed by atoms with Crippen molar-refractivity contribution in [2.45, 2.75) is 26.4 Å². The quantitative estimate of drug-likeness (QED) is 0.665. The highest BCUT2D eigenvalue weighted by atomic mass is 16.1. The van der Waals surface area contributed by atoms with Gasteiger partial charge in [0.25, 0.3) is 0 Å². The van der Waals surface area contributed by atoms with Gasteiger partial charge in [0.1, 0.15) is 5.82 Å². The number of primary amides is 1. The molecule has 0 bridgehead atoms. The molecule has 0 saturated heterocycles. The van der Waals surface area contributed by atoms with E-state index in [1.54, 1.807) is 6.20 Å². The lowest BCUT2D eigenvalue weighted by Gasteiger charge is -2.06. The SMILES string of the molecule is CCNCc1nccn1CCC(N)=O. The second-order valence-corrected chi connectivity index (χ2v) is 3.03. The van der Waals surface area contributed by atoms with Gasteiger partial charge in [-0.25, -0.2) is 4.98 Å². The Morgan fingerprint density at radius 1 is 1.71 bits per heavy atom. The summed E-state index contributed by atoms with van der Waals surface area (Å²) >= 11 is 0. The second-order valence-electron chi connectivity index (χ2n) is 3.03. The van der Waals surface area contributed by atoms with Crippen LogP contribution in [-0.4, -0.2) is 22.0 Å². The largest absolute Gasteiger partial charge is 0.370 e. The van der Waals surface area contributed by atoms with Crippen molar-refractivity contribution in [3.05, 3.63) is 18.2 Å². The highest BCUT2D eigenvalue weighted by Crippen LogP contribution is 1.98. The Hall–Kier alpha value is -1.36. The van der Waals surface area contributed by atoms with Crippen molar-refractivity contribution in [3.8, 4) is 0 Å². The van der Waals surface area contributed by atoms with Crippen molar-refractivity contribution in [1.82, 2.24) is 14.9 Å². The van der Waals surface area contributed by atoms with Crippen LogP contribution >= 0.6 is 0 Å². The van der Waals surface area contributed by atoms with Gasteiger partial charge in [0.05, 0.1) is 6.54 Å². The number of aromatic nitrogens is 2. The third-order valence-electron chi connectivity index (χ3n) is 1.93. The second kappa shape index (κ2) is 5.39. The molecule has 0 fully saturated rings. The van der Waals surface area contributed by atoms with Crippen molar-refractivity contribution in [3.63, 3.8) is 0 Å². The number of carbonyl (C=O) groups is 1. The first-order chi connectivity index (χ1) is 6.74. The normalized spacial score (nSPS) is 10.4. The Balaban J connectivity index is 2.49. The van der Waals surface area contributed by atoms with Gasteiger partial charge in [-0.2, -0.15) is 0 Å². The van der Waals surface area contributed by atoms with Gasteiger partial charge in [-0.3, -0.25) is 4.79 Å². The van der Waals surface area contributed by atoms with E-state index < -0.39 is 0 Å². The van der Waals surface area contributed by atoms with Crippen LogP contribution in [0.2, 0.25) is 0 Å². The van der Waals surface area contributed by atoms with Gasteiger partial charge in [0.2, 0.25) is 5.91 Å². The summed E-state index contributed by atoms with van der Waals surface area (Å²) in [4.78, 5) is 14.8. The van der Waals surface area contributed by atoms with Gasteiger partial charge < -0.3 is 15.6 Å². The van der Waals surface area contributed by atoms with Crippen LogP contribution in [-0.2, 0) is 17.9 Å². The Morgan fingerprint density at radius 3 is 3.14 bits per heavy atom. The lowest BCUT2D eigenvalue weighted by Crippen LogP contribution is -2.18. The molecule has 5 heteroatoms. The fourth-order valence-corrected chi connectivity index (χ4v) is 1.18. The minimum absolute atomic E-state index is 0.284. The van der Waals surface area contributed by atoms with Crippen molar-refractivity contribution in [2.24, 2.45) is 5.73 Å². The molecule has 14 heavy (non-hydrogen) atoms. The van der Waals surface area contributed by atoms with Gasteiger partial charge in [0.15, 0.2) is 0 Å². The van der Waals surface area contributed by atoms with E-state index in [1.165, 1.54) is 0 Å². The van der Waals surface area contributed by atoms with E-state index in [2.05, 4.69) is 10.3 Å². The minimum atomic E-state index is -0.284. The fourth-order valence-electron chi connectivity index (χ4n) is 1.18. The van der Waals surface area contributed by atoms with Crippen LogP contribution in [0.3, 0.4) is 0 Å². The van der Waals surface area contributed by atoms with E-state index in [0.29, 0.717) is 13.0 Å². The number of hydrogen-bond acceptors (Lipinski definition) is 3. The average molecular weight is 196 g/mol. The molecule has 78 valence electrons. The molecule has 1 rings (SSSR count). The van der Waals surface area contributed by atoms with E-state index in [9.17, 15) is 4.79 Å². The van der Waals surface area contributed by atoms with Gasteiger partial charge >= 0.3 is 0 Å². The van der Waals surface area contributed by atoms with Crippen LogP contribution in [0.1, 0.15) is 19.2 Å². The number of aryl methyl sites for hydroxylation is 1. The van der Waals surface area contributed by atoms with Crippen LogP contribution in [0.25, 0.3) is 0 Å². The molecule has 0 aromatic carbocycles. The Labute approximate surface area is 83.3 Å². The molecule has 5 nitrogen and oxygen atoms in total. The van der Waals surface area contributed by atoms with Gasteiger partial charge in [-0.05, 0) is 6.54 Å². The summed E-state index contributed by atoms with van der Waals surface area (Å²) in [7, 11) is 0.